The topological polar surface area (TPSA) is 68.8 Å². The summed E-state index contributed by atoms with van der Waals surface area (Å²) in [6.07, 6.45) is 1.39. The van der Waals surface area contributed by atoms with E-state index in [1.54, 1.807) is 7.11 Å². The minimum Gasteiger partial charge on any atom is -0.493 e. The lowest BCUT2D eigenvalue weighted by molar-refractivity contribution is 0.0475. The Labute approximate surface area is 143 Å². The third kappa shape index (κ3) is 5.22. The van der Waals surface area contributed by atoms with E-state index in [4.69, 9.17) is 14.2 Å². The van der Waals surface area contributed by atoms with Crippen molar-refractivity contribution in [2.45, 2.75) is 58.2 Å². The average molecular weight is 336 g/mol. The minimum absolute atomic E-state index is 0.155. The van der Waals surface area contributed by atoms with Crippen molar-refractivity contribution in [3.63, 3.8) is 0 Å². The summed E-state index contributed by atoms with van der Waals surface area (Å²) in [5.41, 5.74) is 0.515. The molecular formula is C18H28N2O4. The number of benzene rings is 1. The van der Waals surface area contributed by atoms with Gasteiger partial charge in [-0.05, 0) is 52.7 Å². The Morgan fingerprint density at radius 1 is 1.21 bits per heavy atom. The summed E-state index contributed by atoms with van der Waals surface area (Å²) < 4.78 is 16.1. The number of carbonyl (C=O) groups is 1. The van der Waals surface area contributed by atoms with Gasteiger partial charge in [0.25, 0.3) is 0 Å². The Balaban J connectivity index is 1.80. The van der Waals surface area contributed by atoms with Crippen LogP contribution in [0.25, 0.3) is 0 Å². The Morgan fingerprint density at radius 3 is 2.50 bits per heavy atom. The van der Waals surface area contributed by atoms with Crippen LogP contribution in [-0.2, 0) is 4.74 Å². The summed E-state index contributed by atoms with van der Waals surface area (Å²) in [6, 6.07) is 6.29. The number of hydrogen-bond donors (Lipinski definition) is 2. The molecule has 24 heavy (non-hydrogen) atoms. The second kappa shape index (κ2) is 7.64. The van der Waals surface area contributed by atoms with Crippen LogP contribution in [-0.4, -0.2) is 37.5 Å². The highest BCUT2D eigenvalue weighted by atomic mass is 16.6. The molecule has 1 aromatic rings. The SMILES string of the molecule is CCOc1ccc(NC2CC(NC(=O)OC(C)(C)C)C2)cc1OC. The van der Waals surface area contributed by atoms with Crippen molar-refractivity contribution in [3.05, 3.63) is 18.2 Å². The van der Waals surface area contributed by atoms with Crippen LogP contribution in [0.2, 0.25) is 0 Å². The molecule has 2 N–H and O–H groups in total. The van der Waals surface area contributed by atoms with E-state index in [1.807, 2.05) is 45.9 Å². The first-order chi connectivity index (χ1) is 11.3. The second-order valence-corrected chi connectivity index (χ2v) is 6.95. The van der Waals surface area contributed by atoms with Gasteiger partial charge in [-0.3, -0.25) is 0 Å². The molecule has 1 saturated carbocycles. The highest BCUT2D eigenvalue weighted by molar-refractivity contribution is 5.68. The first kappa shape index (κ1) is 18.2. The van der Waals surface area contributed by atoms with Gasteiger partial charge in [-0.15, -0.1) is 0 Å². The average Bonchev–Trinajstić information content (AvgIpc) is 2.44. The fraction of sp³-hybridized carbons (Fsp3) is 0.611. The van der Waals surface area contributed by atoms with Crippen molar-refractivity contribution < 1.29 is 19.0 Å². The zero-order chi connectivity index (χ0) is 17.7. The van der Waals surface area contributed by atoms with Gasteiger partial charge in [0.05, 0.1) is 13.7 Å². The van der Waals surface area contributed by atoms with Crippen molar-refractivity contribution in [2.75, 3.05) is 19.0 Å². The summed E-state index contributed by atoms with van der Waals surface area (Å²) in [5, 5.41) is 6.34. The minimum atomic E-state index is -0.468. The predicted octanol–water partition coefficient (Wildman–Crippen LogP) is 3.56. The van der Waals surface area contributed by atoms with Crippen molar-refractivity contribution in [3.8, 4) is 11.5 Å². The number of nitrogens with one attached hydrogen (secondary N) is 2. The first-order valence-corrected chi connectivity index (χ1v) is 8.37. The van der Waals surface area contributed by atoms with Crippen LogP contribution in [0.15, 0.2) is 18.2 Å². The number of amides is 1. The Morgan fingerprint density at radius 2 is 1.92 bits per heavy atom. The molecule has 0 saturated heterocycles. The molecule has 6 nitrogen and oxygen atoms in total. The molecule has 1 aliphatic carbocycles. The smallest absolute Gasteiger partial charge is 0.407 e. The van der Waals surface area contributed by atoms with Gasteiger partial charge in [0.2, 0.25) is 0 Å². The fourth-order valence-corrected chi connectivity index (χ4v) is 2.60. The van der Waals surface area contributed by atoms with Gasteiger partial charge in [0, 0.05) is 23.8 Å². The lowest BCUT2D eigenvalue weighted by atomic mass is 9.86. The molecule has 1 amide bonds. The number of rotatable bonds is 6. The van der Waals surface area contributed by atoms with Gasteiger partial charge in [0.15, 0.2) is 11.5 Å². The molecule has 6 heteroatoms. The largest absolute Gasteiger partial charge is 0.493 e. The molecule has 0 radical (unpaired) electrons. The van der Waals surface area contributed by atoms with Crippen molar-refractivity contribution in [2.24, 2.45) is 0 Å². The van der Waals surface area contributed by atoms with E-state index in [0.29, 0.717) is 18.4 Å². The van der Waals surface area contributed by atoms with Crippen LogP contribution >= 0.6 is 0 Å². The molecule has 0 atom stereocenters. The van der Waals surface area contributed by atoms with E-state index < -0.39 is 5.60 Å². The molecule has 1 fully saturated rings. The number of hydrogen-bond acceptors (Lipinski definition) is 5. The lowest BCUT2D eigenvalue weighted by Gasteiger charge is -2.37. The molecule has 0 unspecified atom stereocenters. The highest BCUT2D eigenvalue weighted by Crippen LogP contribution is 2.32. The predicted molar refractivity (Wildman–Crippen MR) is 94.0 cm³/mol. The molecule has 0 aromatic heterocycles. The number of anilines is 1. The summed E-state index contributed by atoms with van der Waals surface area (Å²) >= 11 is 0. The maximum Gasteiger partial charge on any atom is 0.407 e. The molecule has 1 aliphatic rings. The van der Waals surface area contributed by atoms with Crippen molar-refractivity contribution in [1.82, 2.24) is 5.32 Å². The summed E-state index contributed by atoms with van der Waals surface area (Å²) in [7, 11) is 1.63. The standard InChI is InChI=1S/C18H28N2O4/c1-6-23-15-8-7-12(11-16(15)22-5)19-13-9-14(10-13)20-17(21)24-18(2,3)4/h7-8,11,13-14,19H,6,9-10H2,1-5H3,(H,20,21). The van der Waals surface area contributed by atoms with Gasteiger partial charge >= 0.3 is 6.09 Å². The molecule has 0 heterocycles. The quantitative estimate of drug-likeness (QED) is 0.831. The van der Waals surface area contributed by atoms with E-state index in [1.165, 1.54) is 0 Å². The number of ether oxygens (including phenoxy) is 3. The highest BCUT2D eigenvalue weighted by Gasteiger charge is 2.31. The van der Waals surface area contributed by atoms with E-state index in [-0.39, 0.29) is 12.1 Å². The van der Waals surface area contributed by atoms with Gasteiger partial charge < -0.3 is 24.8 Å². The van der Waals surface area contributed by atoms with E-state index >= 15 is 0 Å². The van der Waals surface area contributed by atoms with E-state index in [2.05, 4.69) is 10.6 Å². The van der Waals surface area contributed by atoms with Crippen LogP contribution in [0.3, 0.4) is 0 Å². The van der Waals surface area contributed by atoms with Crippen molar-refractivity contribution in [1.29, 1.82) is 0 Å². The molecule has 1 aromatic carbocycles. The van der Waals surface area contributed by atoms with Gasteiger partial charge in [-0.25, -0.2) is 4.79 Å². The Bertz CT molecular complexity index is 563. The number of carbonyl (C=O) groups excluding carboxylic acids is 1. The summed E-state index contributed by atoms with van der Waals surface area (Å²) in [5.74, 6) is 1.45. The summed E-state index contributed by atoms with van der Waals surface area (Å²) in [4.78, 5) is 11.7. The second-order valence-electron chi connectivity index (χ2n) is 6.95. The lowest BCUT2D eigenvalue weighted by Crippen LogP contribution is -2.50. The zero-order valence-electron chi connectivity index (χ0n) is 15.1. The molecule has 0 bridgehead atoms. The maximum atomic E-state index is 11.7. The van der Waals surface area contributed by atoms with Crippen molar-refractivity contribution >= 4 is 11.8 Å². The number of methoxy groups -OCH3 is 1. The molecule has 134 valence electrons. The van der Waals surface area contributed by atoms with Crippen LogP contribution in [0.4, 0.5) is 10.5 Å². The molecule has 0 aliphatic heterocycles. The third-order valence-electron chi connectivity index (χ3n) is 3.69. The Hall–Kier alpha value is -2.11. The van der Waals surface area contributed by atoms with Crippen LogP contribution in [0, 0.1) is 0 Å². The van der Waals surface area contributed by atoms with Gasteiger partial charge in [0.1, 0.15) is 5.60 Å². The van der Waals surface area contributed by atoms with Crippen LogP contribution < -0.4 is 20.1 Å². The van der Waals surface area contributed by atoms with E-state index in [9.17, 15) is 4.79 Å². The van der Waals surface area contributed by atoms with Crippen LogP contribution in [0.1, 0.15) is 40.5 Å². The monoisotopic (exact) mass is 336 g/mol. The normalized spacial score (nSPS) is 19.9. The zero-order valence-corrected chi connectivity index (χ0v) is 15.1. The molecule has 0 spiro atoms. The van der Waals surface area contributed by atoms with Gasteiger partial charge in [-0.1, -0.05) is 0 Å². The van der Waals surface area contributed by atoms with Gasteiger partial charge in [-0.2, -0.15) is 0 Å². The maximum absolute atomic E-state index is 11.7. The first-order valence-electron chi connectivity index (χ1n) is 8.37. The molecular weight excluding hydrogens is 308 g/mol. The van der Waals surface area contributed by atoms with E-state index in [0.717, 1.165) is 24.3 Å². The van der Waals surface area contributed by atoms with Crippen LogP contribution in [0.5, 0.6) is 11.5 Å². The number of alkyl carbamates (subject to hydrolysis) is 1. The third-order valence-corrected chi connectivity index (χ3v) is 3.69. The Kier molecular flexibility index (Phi) is 5.80. The molecule has 2 rings (SSSR count). The summed E-state index contributed by atoms with van der Waals surface area (Å²) in [6.45, 7) is 8.12. The fourth-order valence-electron chi connectivity index (χ4n) is 2.60.